The minimum Gasteiger partial charge on any atom is -0.492 e. The number of halogens is 1. The van der Waals surface area contributed by atoms with E-state index in [-0.39, 0.29) is 11.4 Å². The van der Waals surface area contributed by atoms with Gasteiger partial charge < -0.3 is 25.1 Å². The number of ether oxygens (including phenoxy) is 1. The van der Waals surface area contributed by atoms with Gasteiger partial charge in [0.25, 0.3) is 5.91 Å². The maximum absolute atomic E-state index is 12.6. The van der Waals surface area contributed by atoms with Crippen molar-refractivity contribution in [1.29, 1.82) is 0 Å². The summed E-state index contributed by atoms with van der Waals surface area (Å²) in [6, 6.07) is 8.27. The Kier molecular flexibility index (Phi) is 5.90. The number of likely N-dealkylation sites (N-methyl/N-ethyl adjacent to an activating group) is 1. The predicted molar refractivity (Wildman–Crippen MR) is 103 cm³/mol. The number of aromatic nitrogens is 1. The van der Waals surface area contributed by atoms with Crippen molar-refractivity contribution in [3.63, 3.8) is 0 Å². The van der Waals surface area contributed by atoms with E-state index in [2.05, 4.69) is 20.9 Å². The molecule has 3 rings (SSSR count). The average Bonchev–Trinajstić information content (AvgIpc) is 3.02. The second-order valence-electron chi connectivity index (χ2n) is 5.49. The molecule has 0 saturated carbocycles. The summed E-state index contributed by atoms with van der Waals surface area (Å²) in [6.45, 7) is 1.16. The van der Waals surface area contributed by atoms with Gasteiger partial charge in [-0.1, -0.05) is 11.6 Å². The van der Waals surface area contributed by atoms with Crippen LogP contribution in [0.1, 0.15) is 10.6 Å². The van der Waals surface area contributed by atoms with Crippen LogP contribution in [-0.4, -0.2) is 37.5 Å². The van der Waals surface area contributed by atoms with E-state index >= 15 is 0 Å². The third kappa shape index (κ3) is 4.36. The molecule has 3 N–H and O–H groups in total. The van der Waals surface area contributed by atoms with Crippen molar-refractivity contribution in [1.82, 2.24) is 10.3 Å². The number of hydrogen-bond acceptors (Lipinski definition) is 6. The Bertz CT molecular complexity index is 956. The molecular formula is C18H17ClN4O4. The molecule has 0 aliphatic carbocycles. The molecule has 0 atom stereocenters. The average molecular weight is 389 g/mol. The molecule has 0 fully saturated rings. The van der Waals surface area contributed by atoms with E-state index in [4.69, 9.17) is 20.8 Å². The highest BCUT2D eigenvalue weighted by Crippen LogP contribution is 2.33. The minimum absolute atomic E-state index is 0.0405. The Hall–Kier alpha value is -3.10. The summed E-state index contributed by atoms with van der Waals surface area (Å²) in [4.78, 5) is 27.6. The number of nitrogens with zero attached hydrogens (tertiary/aromatic N) is 1. The Balaban J connectivity index is 1.91. The lowest BCUT2D eigenvalue weighted by atomic mass is 10.2. The Morgan fingerprint density at radius 1 is 1.33 bits per heavy atom. The first-order valence-corrected chi connectivity index (χ1v) is 8.47. The van der Waals surface area contributed by atoms with Crippen molar-refractivity contribution < 1.29 is 18.7 Å². The van der Waals surface area contributed by atoms with E-state index in [0.29, 0.717) is 47.1 Å². The highest BCUT2D eigenvalue weighted by Gasteiger charge is 2.21. The normalized spacial score (nSPS) is 10.6. The van der Waals surface area contributed by atoms with Crippen LogP contribution in [0.5, 0.6) is 5.75 Å². The van der Waals surface area contributed by atoms with Gasteiger partial charge in [0, 0.05) is 18.1 Å². The quantitative estimate of drug-likeness (QED) is 0.405. The van der Waals surface area contributed by atoms with Crippen molar-refractivity contribution in [2.45, 2.75) is 0 Å². The molecule has 0 unspecified atom stereocenters. The van der Waals surface area contributed by atoms with E-state index in [1.165, 1.54) is 6.20 Å². The van der Waals surface area contributed by atoms with Gasteiger partial charge in [-0.05, 0) is 37.4 Å². The van der Waals surface area contributed by atoms with Crippen molar-refractivity contribution in [2.75, 3.05) is 30.8 Å². The maximum Gasteiger partial charge on any atom is 0.294 e. The van der Waals surface area contributed by atoms with Crippen molar-refractivity contribution in [3.8, 4) is 5.75 Å². The number of amides is 2. The largest absolute Gasteiger partial charge is 0.492 e. The van der Waals surface area contributed by atoms with Gasteiger partial charge >= 0.3 is 0 Å². The lowest BCUT2D eigenvalue weighted by Gasteiger charge is -2.06. The van der Waals surface area contributed by atoms with E-state index in [1.54, 1.807) is 30.3 Å². The molecule has 0 saturated heterocycles. The summed E-state index contributed by atoms with van der Waals surface area (Å²) in [5.74, 6) is 0.307. The van der Waals surface area contributed by atoms with Crippen LogP contribution in [0.2, 0.25) is 5.02 Å². The second-order valence-corrected chi connectivity index (χ2v) is 5.93. The fourth-order valence-electron chi connectivity index (χ4n) is 2.42. The lowest BCUT2D eigenvalue weighted by Crippen LogP contribution is -2.15. The zero-order valence-electron chi connectivity index (χ0n) is 14.4. The fraction of sp³-hybridized carbons (Fsp3) is 0.167. The highest BCUT2D eigenvalue weighted by atomic mass is 35.5. The first kappa shape index (κ1) is 18.7. The van der Waals surface area contributed by atoms with E-state index in [9.17, 15) is 9.59 Å². The second kappa shape index (κ2) is 8.52. The molecule has 0 bridgehead atoms. The molecule has 8 nitrogen and oxygen atoms in total. The maximum atomic E-state index is 12.6. The number of fused-ring (bicyclic) bond motifs is 1. The van der Waals surface area contributed by atoms with Crippen LogP contribution in [0.4, 0.5) is 11.5 Å². The smallest absolute Gasteiger partial charge is 0.294 e. The van der Waals surface area contributed by atoms with E-state index < -0.39 is 5.91 Å². The molecule has 0 aliphatic heterocycles. The Morgan fingerprint density at radius 3 is 2.89 bits per heavy atom. The van der Waals surface area contributed by atoms with Crippen LogP contribution in [-0.2, 0) is 4.79 Å². The molecule has 1 aromatic carbocycles. The summed E-state index contributed by atoms with van der Waals surface area (Å²) in [7, 11) is 1.83. The standard InChI is InChI=1S/C18H17ClN4O4/c1-20-6-7-26-12-3-4-14-13(8-12)16(22-10-24)17(27-14)18(25)23-15-5-2-11(19)9-21-15/h2-5,8-10,20H,6-7H2,1H3,(H,22,24)(H,21,23,25). The van der Waals surface area contributed by atoms with Gasteiger partial charge in [0.1, 0.15) is 29.4 Å². The highest BCUT2D eigenvalue weighted by molar-refractivity contribution is 6.30. The molecular weight excluding hydrogens is 372 g/mol. The number of carbonyl (C=O) groups excluding carboxylic acids is 2. The number of nitrogens with one attached hydrogen (secondary N) is 3. The molecule has 0 spiro atoms. The van der Waals surface area contributed by atoms with Crippen LogP contribution in [0, 0.1) is 0 Å². The van der Waals surface area contributed by atoms with Crippen molar-refractivity contribution in [2.24, 2.45) is 0 Å². The first-order chi connectivity index (χ1) is 13.1. The topological polar surface area (TPSA) is 105 Å². The summed E-state index contributed by atoms with van der Waals surface area (Å²) in [6.07, 6.45) is 1.89. The lowest BCUT2D eigenvalue weighted by molar-refractivity contribution is -0.105. The Labute approximate surface area is 159 Å². The molecule has 0 radical (unpaired) electrons. The third-order valence-electron chi connectivity index (χ3n) is 3.66. The fourth-order valence-corrected chi connectivity index (χ4v) is 2.53. The number of carbonyl (C=O) groups is 2. The van der Waals surface area contributed by atoms with Gasteiger partial charge in [-0.2, -0.15) is 0 Å². The molecule has 2 aromatic heterocycles. The zero-order chi connectivity index (χ0) is 19.2. The number of benzene rings is 1. The molecule has 140 valence electrons. The van der Waals surface area contributed by atoms with Crippen molar-refractivity contribution in [3.05, 3.63) is 47.3 Å². The van der Waals surface area contributed by atoms with E-state index in [0.717, 1.165) is 0 Å². The van der Waals surface area contributed by atoms with Crippen LogP contribution in [0.15, 0.2) is 40.9 Å². The number of furan rings is 1. The predicted octanol–water partition coefficient (Wildman–Crippen LogP) is 2.90. The number of anilines is 2. The number of hydrogen-bond donors (Lipinski definition) is 3. The van der Waals surface area contributed by atoms with Gasteiger partial charge in [-0.15, -0.1) is 0 Å². The summed E-state index contributed by atoms with van der Waals surface area (Å²) >= 11 is 5.79. The molecule has 2 amide bonds. The molecule has 27 heavy (non-hydrogen) atoms. The monoisotopic (exact) mass is 388 g/mol. The van der Waals surface area contributed by atoms with Gasteiger partial charge in [0.2, 0.25) is 12.2 Å². The number of rotatable bonds is 8. The van der Waals surface area contributed by atoms with E-state index in [1.807, 2.05) is 7.05 Å². The SMILES string of the molecule is CNCCOc1ccc2oc(C(=O)Nc3ccc(Cl)cn3)c(NC=O)c2c1. The summed E-state index contributed by atoms with van der Waals surface area (Å²) in [5, 5.41) is 9.12. The van der Waals surface area contributed by atoms with Crippen LogP contribution in [0.3, 0.4) is 0 Å². The number of pyridine rings is 1. The van der Waals surface area contributed by atoms with Gasteiger partial charge in [-0.25, -0.2) is 4.98 Å². The first-order valence-electron chi connectivity index (χ1n) is 8.09. The van der Waals surface area contributed by atoms with Gasteiger partial charge in [0.15, 0.2) is 0 Å². The van der Waals surface area contributed by atoms with Crippen LogP contribution in [0.25, 0.3) is 11.0 Å². The van der Waals surface area contributed by atoms with Gasteiger partial charge in [-0.3, -0.25) is 9.59 Å². The molecule has 9 heteroatoms. The van der Waals surface area contributed by atoms with Crippen LogP contribution < -0.4 is 20.7 Å². The Morgan fingerprint density at radius 2 is 2.19 bits per heavy atom. The third-order valence-corrected chi connectivity index (χ3v) is 3.88. The van der Waals surface area contributed by atoms with Crippen molar-refractivity contribution >= 4 is 46.4 Å². The molecule has 3 aromatic rings. The minimum atomic E-state index is -0.553. The summed E-state index contributed by atoms with van der Waals surface area (Å²) < 4.78 is 11.3. The molecule has 0 aliphatic rings. The zero-order valence-corrected chi connectivity index (χ0v) is 15.2. The van der Waals surface area contributed by atoms with Gasteiger partial charge in [0.05, 0.1) is 5.02 Å². The van der Waals surface area contributed by atoms with Crippen LogP contribution >= 0.6 is 11.6 Å². The molecule has 2 heterocycles. The summed E-state index contributed by atoms with van der Waals surface area (Å²) in [5.41, 5.74) is 0.695.